The van der Waals surface area contributed by atoms with E-state index in [0.717, 1.165) is 5.56 Å². The van der Waals surface area contributed by atoms with Gasteiger partial charge in [-0.15, -0.1) is 0 Å². The van der Waals surface area contributed by atoms with E-state index in [-0.39, 0.29) is 0 Å². The summed E-state index contributed by atoms with van der Waals surface area (Å²) < 4.78 is 18.4. The molecular weight excluding hydrogens is 170 g/mol. The second kappa shape index (κ2) is 3.27. The molecule has 1 aromatic rings. The summed E-state index contributed by atoms with van der Waals surface area (Å²) in [6.45, 7) is 2.01. The number of aryl methyl sites for hydroxylation is 1. The van der Waals surface area contributed by atoms with Crippen molar-refractivity contribution in [1.82, 2.24) is 0 Å². The Bertz CT molecular complexity index is 351. The lowest BCUT2D eigenvalue weighted by Gasteiger charge is -2.01. The van der Waals surface area contributed by atoms with Crippen molar-refractivity contribution in [1.29, 1.82) is 4.78 Å². The minimum absolute atomic E-state index is 0.354. The Kier molecular flexibility index (Phi) is 2.52. The summed E-state index contributed by atoms with van der Waals surface area (Å²) >= 11 is 0. The standard InChI is InChI=1S/C9H13NOS/c1-8-3-5-9(6-4-8)7-12(2,10)11/h3-6,10H,7H2,1-2H3. The lowest BCUT2D eigenvalue weighted by atomic mass is 10.2. The second-order valence-corrected chi connectivity index (χ2v) is 5.43. The Hall–Kier alpha value is -0.830. The molecule has 0 fully saturated rings. The van der Waals surface area contributed by atoms with Crippen LogP contribution in [0.2, 0.25) is 0 Å². The third-order valence-electron chi connectivity index (χ3n) is 1.56. The molecule has 1 aromatic carbocycles. The van der Waals surface area contributed by atoms with Crippen LogP contribution in [0.25, 0.3) is 0 Å². The maximum absolute atomic E-state index is 11.1. The summed E-state index contributed by atoms with van der Waals surface area (Å²) in [5, 5.41) is 0. The van der Waals surface area contributed by atoms with Gasteiger partial charge in [-0.05, 0) is 12.5 Å². The van der Waals surface area contributed by atoms with Crippen molar-refractivity contribution in [2.75, 3.05) is 6.26 Å². The predicted octanol–water partition coefficient (Wildman–Crippen LogP) is 2.17. The fraction of sp³-hybridized carbons (Fsp3) is 0.333. The first-order chi connectivity index (χ1) is 5.47. The van der Waals surface area contributed by atoms with Crippen LogP contribution in [0.5, 0.6) is 0 Å². The van der Waals surface area contributed by atoms with E-state index in [2.05, 4.69) is 0 Å². The van der Waals surface area contributed by atoms with Gasteiger partial charge in [0.1, 0.15) is 0 Å². The Morgan fingerprint density at radius 2 is 1.83 bits per heavy atom. The average molecular weight is 183 g/mol. The van der Waals surface area contributed by atoms with Crippen LogP contribution < -0.4 is 0 Å². The maximum Gasteiger partial charge on any atom is 0.0563 e. The highest BCUT2D eigenvalue weighted by atomic mass is 32.2. The minimum Gasteiger partial charge on any atom is -0.253 e. The van der Waals surface area contributed by atoms with Gasteiger partial charge in [0.2, 0.25) is 0 Å². The Morgan fingerprint density at radius 1 is 1.33 bits per heavy atom. The monoisotopic (exact) mass is 183 g/mol. The minimum atomic E-state index is -2.39. The topological polar surface area (TPSA) is 40.9 Å². The first-order valence-corrected chi connectivity index (χ1v) is 5.88. The maximum atomic E-state index is 11.1. The summed E-state index contributed by atoms with van der Waals surface area (Å²) in [5.41, 5.74) is 2.16. The molecule has 12 heavy (non-hydrogen) atoms. The lowest BCUT2D eigenvalue weighted by molar-refractivity contribution is 0.678. The van der Waals surface area contributed by atoms with Crippen molar-refractivity contribution >= 4 is 9.73 Å². The van der Waals surface area contributed by atoms with E-state index in [1.165, 1.54) is 11.8 Å². The number of benzene rings is 1. The number of hydrogen-bond donors (Lipinski definition) is 1. The Balaban J connectivity index is 2.85. The molecule has 0 amide bonds. The molecule has 0 aromatic heterocycles. The van der Waals surface area contributed by atoms with Gasteiger partial charge in [0.15, 0.2) is 0 Å². The highest BCUT2D eigenvalue weighted by Gasteiger charge is 1.99. The summed E-state index contributed by atoms with van der Waals surface area (Å²) in [4.78, 5) is 0. The smallest absolute Gasteiger partial charge is 0.0563 e. The van der Waals surface area contributed by atoms with Gasteiger partial charge < -0.3 is 0 Å². The Morgan fingerprint density at radius 3 is 2.25 bits per heavy atom. The van der Waals surface area contributed by atoms with Gasteiger partial charge in [-0.1, -0.05) is 29.8 Å². The predicted molar refractivity (Wildman–Crippen MR) is 51.7 cm³/mol. The van der Waals surface area contributed by atoms with Gasteiger partial charge in [0, 0.05) is 16.0 Å². The molecule has 0 spiro atoms. The van der Waals surface area contributed by atoms with Gasteiger partial charge in [0.05, 0.1) is 5.75 Å². The second-order valence-electron chi connectivity index (χ2n) is 3.13. The van der Waals surface area contributed by atoms with Crippen LogP contribution in [0.15, 0.2) is 24.3 Å². The molecule has 2 nitrogen and oxygen atoms in total. The average Bonchev–Trinajstić information content (AvgIpc) is 1.91. The molecule has 1 N–H and O–H groups in total. The van der Waals surface area contributed by atoms with E-state index < -0.39 is 9.73 Å². The molecule has 1 unspecified atom stereocenters. The summed E-state index contributed by atoms with van der Waals surface area (Å²) in [6, 6.07) is 7.79. The van der Waals surface area contributed by atoms with Crippen molar-refractivity contribution in [3.05, 3.63) is 35.4 Å². The summed E-state index contributed by atoms with van der Waals surface area (Å²) in [5.74, 6) is 0.354. The fourth-order valence-electron chi connectivity index (χ4n) is 1.00. The molecular formula is C9H13NOS. The zero-order valence-electron chi connectivity index (χ0n) is 7.33. The van der Waals surface area contributed by atoms with Crippen LogP contribution in [0.1, 0.15) is 11.1 Å². The van der Waals surface area contributed by atoms with E-state index >= 15 is 0 Å². The zero-order valence-corrected chi connectivity index (χ0v) is 8.15. The molecule has 0 aliphatic carbocycles. The largest absolute Gasteiger partial charge is 0.253 e. The van der Waals surface area contributed by atoms with Gasteiger partial charge in [-0.2, -0.15) is 0 Å². The molecule has 0 heterocycles. The van der Waals surface area contributed by atoms with Crippen LogP contribution in [0.3, 0.4) is 0 Å². The molecule has 1 atom stereocenters. The van der Waals surface area contributed by atoms with E-state index in [9.17, 15) is 4.21 Å². The van der Waals surface area contributed by atoms with Crippen molar-refractivity contribution in [3.8, 4) is 0 Å². The van der Waals surface area contributed by atoms with E-state index in [1.807, 2.05) is 31.2 Å². The van der Waals surface area contributed by atoms with Crippen LogP contribution in [0, 0.1) is 11.7 Å². The van der Waals surface area contributed by atoms with Crippen molar-refractivity contribution in [2.45, 2.75) is 12.7 Å². The van der Waals surface area contributed by atoms with Gasteiger partial charge >= 0.3 is 0 Å². The van der Waals surface area contributed by atoms with E-state index in [4.69, 9.17) is 4.78 Å². The molecule has 0 radical (unpaired) electrons. The molecule has 0 aliphatic rings. The quantitative estimate of drug-likeness (QED) is 0.750. The summed E-state index contributed by atoms with van der Waals surface area (Å²) in [6.07, 6.45) is 1.47. The Labute approximate surface area is 73.6 Å². The fourth-order valence-corrected chi connectivity index (χ4v) is 1.83. The highest BCUT2D eigenvalue weighted by Crippen LogP contribution is 2.06. The number of nitrogens with one attached hydrogen (secondary N) is 1. The van der Waals surface area contributed by atoms with Gasteiger partial charge in [-0.3, -0.25) is 4.78 Å². The molecule has 1 rings (SSSR count). The van der Waals surface area contributed by atoms with Crippen LogP contribution >= 0.6 is 0 Å². The third-order valence-corrected chi connectivity index (χ3v) is 2.45. The zero-order chi connectivity index (χ0) is 9.19. The van der Waals surface area contributed by atoms with Crippen molar-refractivity contribution in [3.63, 3.8) is 0 Å². The first-order valence-electron chi connectivity index (χ1n) is 3.74. The lowest BCUT2D eigenvalue weighted by Crippen LogP contribution is -1.98. The normalized spacial score (nSPS) is 15.5. The van der Waals surface area contributed by atoms with Gasteiger partial charge in [-0.25, -0.2) is 4.21 Å². The third kappa shape index (κ3) is 3.05. The van der Waals surface area contributed by atoms with Crippen molar-refractivity contribution in [2.24, 2.45) is 0 Å². The molecule has 0 saturated carbocycles. The van der Waals surface area contributed by atoms with Gasteiger partial charge in [0.25, 0.3) is 0 Å². The molecule has 0 bridgehead atoms. The van der Waals surface area contributed by atoms with Crippen LogP contribution in [-0.2, 0) is 15.5 Å². The first kappa shape index (κ1) is 9.26. The molecule has 3 heteroatoms. The van der Waals surface area contributed by atoms with Crippen molar-refractivity contribution < 1.29 is 4.21 Å². The van der Waals surface area contributed by atoms with Crippen LogP contribution in [-0.4, -0.2) is 10.5 Å². The van der Waals surface area contributed by atoms with Crippen LogP contribution in [0.4, 0.5) is 0 Å². The number of hydrogen-bond acceptors (Lipinski definition) is 2. The SMILES string of the molecule is Cc1ccc(CS(C)(=N)=O)cc1. The summed E-state index contributed by atoms with van der Waals surface area (Å²) in [7, 11) is -2.39. The highest BCUT2D eigenvalue weighted by molar-refractivity contribution is 7.90. The van der Waals surface area contributed by atoms with E-state index in [0.29, 0.717) is 5.75 Å². The molecule has 0 saturated heterocycles. The molecule has 0 aliphatic heterocycles. The molecule has 66 valence electrons. The van der Waals surface area contributed by atoms with E-state index in [1.54, 1.807) is 0 Å². The number of rotatable bonds is 2.